The highest BCUT2D eigenvalue weighted by Gasteiger charge is 2.29. The molecule has 0 unspecified atom stereocenters. The molecule has 23 heavy (non-hydrogen) atoms. The molecule has 2 aromatic rings. The predicted molar refractivity (Wildman–Crippen MR) is 90.9 cm³/mol. The highest BCUT2D eigenvalue weighted by Crippen LogP contribution is 2.37. The Hall–Kier alpha value is -2.55. The van der Waals surface area contributed by atoms with Gasteiger partial charge in [-0.2, -0.15) is 0 Å². The van der Waals surface area contributed by atoms with Gasteiger partial charge in [-0.1, -0.05) is 45.0 Å². The number of fused-ring (bicyclic) bond motifs is 1. The van der Waals surface area contributed by atoms with E-state index in [0.717, 1.165) is 11.1 Å². The molecule has 3 rings (SSSR count). The molecule has 0 fully saturated rings. The van der Waals surface area contributed by atoms with Crippen LogP contribution in [0.4, 0.5) is 0 Å². The first-order chi connectivity index (χ1) is 10.8. The minimum Gasteiger partial charge on any atom is -0.508 e. The molecule has 0 aliphatic carbocycles. The van der Waals surface area contributed by atoms with Crippen molar-refractivity contribution in [3.8, 4) is 11.5 Å². The topological polar surface area (TPSA) is 46.5 Å². The second kappa shape index (κ2) is 5.27. The van der Waals surface area contributed by atoms with Crippen LogP contribution in [0, 0.1) is 6.92 Å². The lowest BCUT2D eigenvalue weighted by Crippen LogP contribution is -2.10. The van der Waals surface area contributed by atoms with Crippen molar-refractivity contribution in [2.75, 3.05) is 0 Å². The molecular formula is C20H20O3. The van der Waals surface area contributed by atoms with Gasteiger partial charge in [0, 0.05) is 6.07 Å². The van der Waals surface area contributed by atoms with Crippen LogP contribution >= 0.6 is 0 Å². The molecule has 3 nitrogen and oxygen atoms in total. The van der Waals surface area contributed by atoms with Gasteiger partial charge in [-0.25, -0.2) is 0 Å². The quantitative estimate of drug-likeness (QED) is 0.782. The maximum absolute atomic E-state index is 12.5. The summed E-state index contributed by atoms with van der Waals surface area (Å²) >= 11 is 0. The highest BCUT2D eigenvalue weighted by atomic mass is 16.5. The number of hydrogen-bond donors (Lipinski definition) is 1. The lowest BCUT2D eigenvalue weighted by atomic mass is 9.86. The van der Waals surface area contributed by atoms with Crippen molar-refractivity contribution in [2.24, 2.45) is 0 Å². The lowest BCUT2D eigenvalue weighted by molar-refractivity contribution is 0.101. The number of Topliss-reactive ketones (excluding diaryl/α,β-unsaturated/α-hetero) is 1. The van der Waals surface area contributed by atoms with Crippen LogP contribution in [0.25, 0.3) is 6.08 Å². The fourth-order valence-corrected chi connectivity index (χ4v) is 2.72. The molecule has 1 heterocycles. The predicted octanol–water partition coefficient (Wildman–Crippen LogP) is 4.61. The van der Waals surface area contributed by atoms with Crippen LogP contribution in [0.1, 0.15) is 47.8 Å². The molecule has 0 saturated carbocycles. The molecule has 0 aromatic heterocycles. The number of rotatable bonds is 1. The Balaban J connectivity index is 1.93. The van der Waals surface area contributed by atoms with Crippen LogP contribution in [0.2, 0.25) is 0 Å². The van der Waals surface area contributed by atoms with Crippen LogP contribution in [-0.2, 0) is 5.41 Å². The maximum atomic E-state index is 12.5. The molecule has 1 N–H and O–H groups in total. The first-order valence-electron chi connectivity index (χ1n) is 7.64. The molecule has 2 aromatic carbocycles. The Labute approximate surface area is 136 Å². The molecule has 0 spiro atoms. The number of carbonyl (C=O) groups excluding carboxylic acids is 1. The van der Waals surface area contributed by atoms with Crippen molar-refractivity contribution in [1.29, 1.82) is 0 Å². The monoisotopic (exact) mass is 308 g/mol. The van der Waals surface area contributed by atoms with Crippen LogP contribution in [0.3, 0.4) is 0 Å². The van der Waals surface area contributed by atoms with Gasteiger partial charge >= 0.3 is 0 Å². The van der Waals surface area contributed by atoms with E-state index in [-0.39, 0.29) is 22.7 Å². The van der Waals surface area contributed by atoms with E-state index in [1.165, 1.54) is 11.6 Å². The van der Waals surface area contributed by atoms with Gasteiger partial charge in [0.25, 0.3) is 0 Å². The average Bonchev–Trinajstić information content (AvgIpc) is 2.74. The number of ether oxygens (including phenoxy) is 1. The number of carbonyl (C=O) groups is 1. The second-order valence-electron chi connectivity index (χ2n) is 6.95. The first kappa shape index (κ1) is 15.3. The molecule has 1 aliphatic heterocycles. The first-order valence-corrected chi connectivity index (χ1v) is 7.64. The molecule has 0 amide bonds. The zero-order valence-corrected chi connectivity index (χ0v) is 13.8. The Bertz CT molecular complexity index is 806. The number of phenolic OH excluding ortho intramolecular Hbond substituents is 1. The maximum Gasteiger partial charge on any atom is 0.232 e. The summed E-state index contributed by atoms with van der Waals surface area (Å²) < 4.78 is 5.63. The molecule has 0 saturated heterocycles. The van der Waals surface area contributed by atoms with E-state index in [0.29, 0.717) is 11.3 Å². The van der Waals surface area contributed by atoms with E-state index in [9.17, 15) is 9.90 Å². The summed E-state index contributed by atoms with van der Waals surface area (Å²) in [4.78, 5) is 12.5. The average molecular weight is 308 g/mol. The van der Waals surface area contributed by atoms with E-state index in [1.54, 1.807) is 19.1 Å². The lowest BCUT2D eigenvalue weighted by Gasteiger charge is -2.18. The van der Waals surface area contributed by atoms with Crippen molar-refractivity contribution < 1.29 is 14.6 Å². The van der Waals surface area contributed by atoms with Gasteiger partial charge in [-0.3, -0.25) is 4.79 Å². The molecule has 0 radical (unpaired) electrons. The standard InChI is InChI=1S/C20H20O3/c1-12-9-15(21)11-16-18(12)19(22)17(23-16)10-13-5-7-14(8-6-13)20(2,3)4/h5-11,21H,1-4H3/b17-10+. The van der Waals surface area contributed by atoms with Crippen molar-refractivity contribution in [3.63, 3.8) is 0 Å². The summed E-state index contributed by atoms with van der Waals surface area (Å²) in [5.74, 6) is 0.671. The van der Waals surface area contributed by atoms with Crippen LogP contribution in [0.5, 0.6) is 11.5 Å². The van der Waals surface area contributed by atoms with Gasteiger partial charge in [0.05, 0.1) is 5.56 Å². The van der Waals surface area contributed by atoms with E-state index in [1.807, 2.05) is 12.1 Å². The van der Waals surface area contributed by atoms with Gasteiger partial charge in [0.15, 0.2) is 5.76 Å². The number of ketones is 1. The molecule has 3 heteroatoms. The van der Waals surface area contributed by atoms with Crippen molar-refractivity contribution in [3.05, 3.63) is 64.4 Å². The fourth-order valence-electron chi connectivity index (χ4n) is 2.72. The number of hydrogen-bond acceptors (Lipinski definition) is 3. The van der Waals surface area contributed by atoms with E-state index in [2.05, 4.69) is 32.9 Å². The third kappa shape index (κ3) is 2.87. The van der Waals surface area contributed by atoms with Crippen molar-refractivity contribution in [1.82, 2.24) is 0 Å². The largest absolute Gasteiger partial charge is 0.508 e. The molecule has 0 bridgehead atoms. The minimum absolute atomic E-state index is 0.0935. The smallest absolute Gasteiger partial charge is 0.232 e. The molecule has 1 aliphatic rings. The second-order valence-corrected chi connectivity index (χ2v) is 6.95. The SMILES string of the molecule is Cc1cc(O)cc2c1C(=O)/C(=C\c1ccc(C(C)(C)C)cc1)O2. The summed E-state index contributed by atoms with van der Waals surface area (Å²) in [7, 11) is 0. The van der Waals surface area contributed by atoms with Gasteiger partial charge in [0.1, 0.15) is 11.5 Å². The summed E-state index contributed by atoms with van der Waals surface area (Å²) in [5, 5.41) is 9.64. The number of allylic oxidation sites excluding steroid dienone is 1. The Morgan fingerprint density at radius 3 is 2.35 bits per heavy atom. The summed E-state index contributed by atoms with van der Waals surface area (Å²) in [5.41, 5.74) is 3.49. The van der Waals surface area contributed by atoms with Crippen LogP contribution in [0.15, 0.2) is 42.2 Å². The fraction of sp³-hybridized carbons (Fsp3) is 0.250. The van der Waals surface area contributed by atoms with Crippen molar-refractivity contribution >= 4 is 11.9 Å². The summed E-state index contributed by atoms with van der Waals surface area (Å²) in [6.07, 6.45) is 1.74. The van der Waals surface area contributed by atoms with Gasteiger partial charge in [-0.05, 0) is 41.2 Å². The third-order valence-corrected chi connectivity index (χ3v) is 4.03. The van der Waals surface area contributed by atoms with Gasteiger partial charge in [0.2, 0.25) is 5.78 Å². The summed E-state index contributed by atoms with van der Waals surface area (Å²) in [6.45, 7) is 8.28. The zero-order chi connectivity index (χ0) is 16.8. The third-order valence-electron chi connectivity index (χ3n) is 4.03. The normalized spacial score (nSPS) is 15.7. The van der Waals surface area contributed by atoms with Gasteiger partial charge < -0.3 is 9.84 Å². The summed E-state index contributed by atoms with van der Waals surface area (Å²) in [6, 6.07) is 11.1. The number of benzene rings is 2. The Kier molecular flexibility index (Phi) is 3.52. The van der Waals surface area contributed by atoms with E-state index < -0.39 is 0 Å². The van der Waals surface area contributed by atoms with E-state index in [4.69, 9.17) is 4.74 Å². The number of aromatic hydroxyl groups is 1. The highest BCUT2D eigenvalue weighted by molar-refractivity contribution is 6.15. The zero-order valence-electron chi connectivity index (χ0n) is 13.8. The Morgan fingerprint density at radius 2 is 1.74 bits per heavy atom. The molecule has 0 atom stereocenters. The minimum atomic E-state index is -0.141. The molecule has 118 valence electrons. The van der Waals surface area contributed by atoms with Crippen LogP contribution < -0.4 is 4.74 Å². The van der Waals surface area contributed by atoms with Gasteiger partial charge in [-0.15, -0.1) is 0 Å². The molecular weight excluding hydrogens is 288 g/mol. The number of aryl methyl sites for hydroxylation is 1. The number of phenols is 1. The van der Waals surface area contributed by atoms with Crippen molar-refractivity contribution in [2.45, 2.75) is 33.1 Å². The van der Waals surface area contributed by atoms with E-state index >= 15 is 0 Å². The van der Waals surface area contributed by atoms with Crippen LogP contribution in [-0.4, -0.2) is 10.9 Å². The Morgan fingerprint density at radius 1 is 1.09 bits per heavy atom.